The van der Waals surface area contributed by atoms with E-state index in [9.17, 15) is 9.59 Å². The van der Waals surface area contributed by atoms with Crippen molar-refractivity contribution in [3.63, 3.8) is 0 Å². The number of carboxylic acids is 1. The monoisotopic (exact) mass is 357 g/mol. The minimum Gasteiger partial charge on any atom is -0.497 e. The highest BCUT2D eigenvalue weighted by molar-refractivity contribution is 5.92. The third-order valence-corrected chi connectivity index (χ3v) is 3.98. The number of rotatable bonds is 9. The fourth-order valence-corrected chi connectivity index (χ4v) is 2.67. The zero-order valence-corrected chi connectivity index (χ0v) is 15.0. The molecule has 2 aromatic carbocycles. The molecule has 2 N–H and O–H groups in total. The van der Waals surface area contributed by atoms with Gasteiger partial charge in [-0.3, -0.25) is 9.59 Å². The van der Waals surface area contributed by atoms with Gasteiger partial charge in [-0.2, -0.15) is 0 Å². The summed E-state index contributed by atoms with van der Waals surface area (Å²) < 4.78 is 10.5. The van der Waals surface area contributed by atoms with Gasteiger partial charge in [0.15, 0.2) is 0 Å². The average Bonchev–Trinajstić information content (AvgIpc) is 2.63. The predicted molar refractivity (Wildman–Crippen MR) is 98.9 cm³/mol. The van der Waals surface area contributed by atoms with Crippen molar-refractivity contribution in [1.82, 2.24) is 0 Å². The highest BCUT2D eigenvalue weighted by Crippen LogP contribution is 2.26. The summed E-state index contributed by atoms with van der Waals surface area (Å²) in [7, 11) is 3.20. The lowest BCUT2D eigenvalue weighted by atomic mass is 10.1. The Morgan fingerprint density at radius 2 is 1.81 bits per heavy atom. The fourth-order valence-electron chi connectivity index (χ4n) is 2.67. The second-order valence-electron chi connectivity index (χ2n) is 5.81. The van der Waals surface area contributed by atoms with Crippen LogP contribution in [-0.4, -0.2) is 31.2 Å². The topological polar surface area (TPSA) is 84.9 Å². The number of ether oxygens (including phenoxy) is 2. The van der Waals surface area contributed by atoms with Crippen LogP contribution in [0.4, 0.5) is 5.69 Å². The summed E-state index contributed by atoms with van der Waals surface area (Å²) >= 11 is 0. The van der Waals surface area contributed by atoms with E-state index < -0.39 is 5.97 Å². The van der Waals surface area contributed by atoms with Crippen molar-refractivity contribution in [2.75, 3.05) is 19.5 Å². The van der Waals surface area contributed by atoms with Crippen LogP contribution in [0, 0.1) is 0 Å². The second kappa shape index (κ2) is 9.46. The van der Waals surface area contributed by atoms with Crippen molar-refractivity contribution in [1.29, 1.82) is 0 Å². The third kappa shape index (κ3) is 5.51. The molecule has 0 saturated carbocycles. The highest BCUT2D eigenvalue weighted by atomic mass is 16.5. The van der Waals surface area contributed by atoms with Crippen LogP contribution in [0.3, 0.4) is 0 Å². The Hall–Kier alpha value is -3.02. The maximum absolute atomic E-state index is 12.2. The zero-order valence-electron chi connectivity index (χ0n) is 15.0. The van der Waals surface area contributed by atoms with Gasteiger partial charge in [-0.1, -0.05) is 24.3 Å². The van der Waals surface area contributed by atoms with Gasteiger partial charge in [0, 0.05) is 18.2 Å². The lowest BCUT2D eigenvalue weighted by Gasteiger charge is -2.11. The average molecular weight is 357 g/mol. The third-order valence-electron chi connectivity index (χ3n) is 3.98. The molecular weight excluding hydrogens is 334 g/mol. The number of aliphatic carboxylic acids is 1. The molecule has 0 bridgehead atoms. The summed E-state index contributed by atoms with van der Waals surface area (Å²) in [5.41, 5.74) is 2.14. The van der Waals surface area contributed by atoms with Gasteiger partial charge in [0.2, 0.25) is 5.91 Å². The lowest BCUT2D eigenvalue weighted by molar-refractivity contribution is -0.136. The van der Waals surface area contributed by atoms with E-state index in [1.54, 1.807) is 38.5 Å². The highest BCUT2D eigenvalue weighted by Gasteiger charge is 2.10. The van der Waals surface area contributed by atoms with Crippen LogP contribution in [0.5, 0.6) is 11.5 Å². The summed E-state index contributed by atoms with van der Waals surface area (Å²) in [5, 5.41) is 11.7. The van der Waals surface area contributed by atoms with Gasteiger partial charge in [-0.05, 0) is 36.1 Å². The Morgan fingerprint density at radius 3 is 2.50 bits per heavy atom. The first-order chi connectivity index (χ1) is 12.5. The molecule has 2 aromatic rings. The summed E-state index contributed by atoms with van der Waals surface area (Å²) in [4.78, 5) is 23.1. The molecule has 0 radical (unpaired) electrons. The van der Waals surface area contributed by atoms with Crippen LogP contribution < -0.4 is 14.8 Å². The molecule has 0 aliphatic heterocycles. The summed E-state index contributed by atoms with van der Waals surface area (Å²) in [6.07, 6.45) is 1.54. The molecule has 0 fully saturated rings. The van der Waals surface area contributed by atoms with E-state index >= 15 is 0 Å². The molecule has 0 saturated heterocycles. The predicted octanol–water partition coefficient (Wildman–Crippen LogP) is 3.29. The van der Waals surface area contributed by atoms with Crippen LogP contribution in [0.15, 0.2) is 42.5 Å². The fraction of sp³-hybridized carbons (Fsp3) is 0.300. The number of anilines is 1. The minimum absolute atomic E-state index is 0.125. The molecule has 6 nitrogen and oxygen atoms in total. The Morgan fingerprint density at radius 1 is 1.04 bits per heavy atom. The Bertz CT molecular complexity index is 773. The minimum atomic E-state index is -0.932. The smallest absolute Gasteiger partial charge is 0.307 e. The number of benzene rings is 2. The summed E-state index contributed by atoms with van der Waals surface area (Å²) in [5.74, 6) is 0.378. The van der Waals surface area contributed by atoms with E-state index in [0.717, 1.165) is 17.1 Å². The number of hydrogen-bond donors (Lipinski definition) is 2. The van der Waals surface area contributed by atoms with Gasteiger partial charge < -0.3 is 19.9 Å². The van der Waals surface area contributed by atoms with Gasteiger partial charge in [-0.25, -0.2) is 0 Å². The van der Waals surface area contributed by atoms with E-state index in [0.29, 0.717) is 30.5 Å². The molecule has 1 amide bonds. The van der Waals surface area contributed by atoms with Crippen LogP contribution in [-0.2, 0) is 22.4 Å². The normalized spacial score (nSPS) is 10.2. The van der Waals surface area contributed by atoms with E-state index in [4.69, 9.17) is 14.6 Å². The number of para-hydroxylation sites is 1. The zero-order chi connectivity index (χ0) is 18.9. The van der Waals surface area contributed by atoms with Crippen LogP contribution in [0.1, 0.15) is 24.0 Å². The molecular formula is C20H23NO5. The number of carbonyl (C=O) groups excluding carboxylic acids is 1. The standard InChI is InChI=1S/C20H23NO5/c1-25-16-11-10-14(18(13-16)26-2)7-5-9-19(22)21-17-8-4-3-6-15(17)12-20(23)24/h3-4,6,8,10-11,13H,5,7,9,12H2,1-2H3,(H,21,22)(H,23,24). The van der Waals surface area contributed by atoms with Crippen molar-refractivity contribution in [3.8, 4) is 11.5 Å². The molecule has 2 rings (SSSR count). The molecule has 0 spiro atoms. The van der Waals surface area contributed by atoms with Gasteiger partial charge in [0.05, 0.1) is 20.6 Å². The molecule has 0 unspecified atom stereocenters. The molecule has 0 heterocycles. The Labute approximate surface area is 152 Å². The van der Waals surface area contributed by atoms with Crippen LogP contribution >= 0.6 is 0 Å². The molecule has 0 aliphatic carbocycles. The van der Waals surface area contributed by atoms with Crippen molar-refractivity contribution in [2.24, 2.45) is 0 Å². The SMILES string of the molecule is COc1ccc(CCCC(=O)Nc2ccccc2CC(=O)O)c(OC)c1. The van der Waals surface area contributed by atoms with E-state index in [1.165, 1.54) is 0 Å². The number of methoxy groups -OCH3 is 2. The Balaban J connectivity index is 1.91. The number of carbonyl (C=O) groups is 2. The Kier molecular flexibility index (Phi) is 7.02. The number of amides is 1. The van der Waals surface area contributed by atoms with Crippen molar-refractivity contribution >= 4 is 17.6 Å². The number of aryl methyl sites for hydroxylation is 1. The van der Waals surface area contributed by atoms with Crippen molar-refractivity contribution in [3.05, 3.63) is 53.6 Å². The van der Waals surface area contributed by atoms with E-state index in [-0.39, 0.29) is 12.3 Å². The lowest BCUT2D eigenvalue weighted by Crippen LogP contribution is -2.14. The van der Waals surface area contributed by atoms with E-state index in [2.05, 4.69) is 5.32 Å². The van der Waals surface area contributed by atoms with Gasteiger partial charge in [-0.15, -0.1) is 0 Å². The molecule has 138 valence electrons. The molecule has 6 heteroatoms. The maximum Gasteiger partial charge on any atom is 0.307 e. The largest absolute Gasteiger partial charge is 0.497 e. The number of hydrogen-bond acceptors (Lipinski definition) is 4. The summed E-state index contributed by atoms with van der Waals surface area (Å²) in [6.45, 7) is 0. The van der Waals surface area contributed by atoms with Crippen LogP contribution in [0.25, 0.3) is 0 Å². The summed E-state index contributed by atoms with van der Waals surface area (Å²) in [6, 6.07) is 12.5. The van der Waals surface area contributed by atoms with E-state index in [1.807, 2.05) is 18.2 Å². The first-order valence-corrected chi connectivity index (χ1v) is 8.34. The van der Waals surface area contributed by atoms with Gasteiger partial charge in [0.1, 0.15) is 11.5 Å². The number of carboxylic acid groups (broad SMARTS) is 1. The first kappa shape index (κ1) is 19.3. The van der Waals surface area contributed by atoms with Crippen molar-refractivity contribution < 1.29 is 24.2 Å². The van der Waals surface area contributed by atoms with Crippen molar-refractivity contribution in [2.45, 2.75) is 25.7 Å². The maximum atomic E-state index is 12.2. The molecule has 0 aromatic heterocycles. The van der Waals surface area contributed by atoms with Gasteiger partial charge in [0.25, 0.3) is 0 Å². The first-order valence-electron chi connectivity index (χ1n) is 8.34. The number of nitrogens with one attached hydrogen (secondary N) is 1. The van der Waals surface area contributed by atoms with Crippen LogP contribution in [0.2, 0.25) is 0 Å². The van der Waals surface area contributed by atoms with Gasteiger partial charge >= 0.3 is 5.97 Å². The molecule has 26 heavy (non-hydrogen) atoms. The molecule has 0 aliphatic rings. The molecule has 0 atom stereocenters. The second-order valence-corrected chi connectivity index (χ2v) is 5.81. The quantitative estimate of drug-likeness (QED) is 0.719.